The van der Waals surface area contributed by atoms with E-state index in [1.807, 2.05) is 47.5 Å². The van der Waals surface area contributed by atoms with Crippen molar-refractivity contribution in [2.45, 2.75) is 0 Å². The third-order valence-electron chi connectivity index (χ3n) is 4.59. The van der Waals surface area contributed by atoms with Crippen molar-refractivity contribution in [3.8, 4) is 22.5 Å². The fraction of sp³-hybridized carbons (Fsp3) is 0.250. The van der Waals surface area contributed by atoms with Crippen LogP contribution in [0.1, 0.15) is 0 Å². The molecule has 0 bridgehead atoms. The van der Waals surface area contributed by atoms with Gasteiger partial charge in [0.15, 0.2) is 0 Å². The summed E-state index contributed by atoms with van der Waals surface area (Å²) in [5, 5.41) is 18.2. The molecule has 0 spiro atoms. The number of H-pyrrole nitrogens is 1. The Balaban J connectivity index is 1.44. The molecule has 1 fully saturated rings. The van der Waals surface area contributed by atoms with Crippen LogP contribution in [0.3, 0.4) is 0 Å². The molecule has 2 aromatic carbocycles. The van der Waals surface area contributed by atoms with Crippen molar-refractivity contribution in [3.05, 3.63) is 60.7 Å². The normalized spacial score (nSPS) is 15.7. The number of likely N-dealkylation sites (N-methyl/N-ethyl adjacent to an activating group) is 1. The molecule has 1 N–H and O–H groups in total. The van der Waals surface area contributed by atoms with E-state index in [-0.39, 0.29) is 0 Å². The summed E-state index contributed by atoms with van der Waals surface area (Å²) in [4.78, 5) is 2.30. The number of nitrogens with one attached hydrogen (secondary N) is 1. The predicted octanol–water partition coefficient (Wildman–Crippen LogP) is 3.99. The summed E-state index contributed by atoms with van der Waals surface area (Å²) in [5.41, 5.74) is 4.98. The van der Waals surface area contributed by atoms with Crippen molar-refractivity contribution in [1.29, 1.82) is 0 Å². The van der Waals surface area contributed by atoms with Gasteiger partial charge in [-0.05, 0) is 30.8 Å². The Kier molecular flexibility index (Phi) is 4.75. The first-order chi connectivity index (χ1) is 12.8. The zero-order chi connectivity index (χ0) is 17.8. The Bertz CT molecular complexity index is 861. The van der Waals surface area contributed by atoms with E-state index in [0.717, 1.165) is 54.4 Å². The van der Waals surface area contributed by atoms with E-state index in [1.165, 1.54) is 0 Å². The van der Waals surface area contributed by atoms with Crippen molar-refractivity contribution in [2.24, 2.45) is 10.3 Å². The Hall–Kier alpha value is -2.99. The van der Waals surface area contributed by atoms with Crippen molar-refractivity contribution < 1.29 is 0 Å². The summed E-state index contributed by atoms with van der Waals surface area (Å²) in [6.07, 6.45) is 0. The van der Waals surface area contributed by atoms with Gasteiger partial charge >= 0.3 is 0 Å². The molecular formula is C20H22N6. The standard InChI is InChI=1S/C20H22N6/c1-25-11-13-26(14-12-25)24-21-18-9-7-17(8-10-18)20-15-19(22-23-20)16-5-3-2-4-6-16/h2-10,15H,11-14H2,1H3,(H,22,23). The Morgan fingerprint density at radius 1 is 0.885 bits per heavy atom. The molecule has 1 saturated heterocycles. The average Bonchev–Trinajstić information content (AvgIpc) is 3.19. The van der Waals surface area contributed by atoms with Crippen molar-refractivity contribution in [3.63, 3.8) is 0 Å². The summed E-state index contributed by atoms with van der Waals surface area (Å²) in [6.45, 7) is 3.91. The smallest absolute Gasteiger partial charge is 0.0927 e. The molecule has 1 aromatic heterocycles. The molecule has 1 aliphatic rings. The summed E-state index contributed by atoms with van der Waals surface area (Å²) in [6, 6.07) is 20.3. The van der Waals surface area contributed by atoms with Gasteiger partial charge in [0.2, 0.25) is 0 Å². The molecule has 0 unspecified atom stereocenters. The molecule has 26 heavy (non-hydrogen) atoms. The highest BCUT2D eigenvalue weighted by atomic mass is 15.6. The highest BCUT2D eigenvalue weighted by Gasteiger charge is 2.11. The third kappa shape index (κ3) is 3.81. The lowest BCUT2D eigenvalue weighted by atomic mass is 10.1. The van der Waals surface area contributed by atoms with Gasteiger partial charge < -0.3 is 4.90 Å². The lowest BCUT2D eigenvalue weighted by Gasteiger charge is -2.29. The highest BCUT2D eigenvalue weighted by Crippen LogP contribution is 2.25. The Labute approximate surface area is 153 Å². The van der Waals surface area contributed by atoms with E-state index < -0.39 is 0 Å². The second-order valence-corrected chi connectivity index (χ2v) is 6.53. The minimum absolute atomic E-state index is 0.857. The van der Waals surface area contributed by atoms with Crippen LogP contribution in [0.15, 0.2) is 71.0 Å². The van der Waals surface area contributed by atoms with Crippen LogP contribution in [0.5, 0.6) is 0 Å². The third-order valence-corrected chi connectivity index (χ3v) is 4.59. The maximum Gasteiger partial charge on any atom is 0.0927 e. The number of hydrogen-bond donors (Lipinski definition) is 1. The molecule has 1 aliphatic heterocycles. The largest absolute Gasteiger partial charge is 0.303 e. The second-order valence-electron chi connectivity index (χ2n) is 6.53. The van der Waals surface area contributed by atoms with Crippen LogP contribution in [-0.4, -0.2) is 53.3 Å². The Morgan fingerprint density at radius 3 is 2.35 bits per heavy atom. The maximum atomic E-state index is 4.41. The monoisotopic (exact) mass is 346 g/mol. The molecular weight excluding hydrogens is 324 g/mol. The SMILES string of the molecule is CN1CCN(N=Nc2ccc(-c3cc(-c4ccccc4)n[nH]3)cc2)CC1. The maximum absolute atomic E-state index is 4.41. The van der Waals surface area contributed by atoms with Crippen LogP contribution in [0.25, 0.3) is 22.5 Å². The minimum Gasteiger partial charge on any atom is -0.303 e. The molecule has 132 valence electrons. The van der Waals surface area contributed by atoms with Gasteiger partial charge in [0.1, 0.15) is 0 Å². The molecule has 0 atom stereocenters. The summed E-state index contributed by atoms with van der Waals surface area (Å²) >= 11 is 0. The number of hydrogen-bond acceptors (Lipinski definition) is 4. The summed E-state index contributed by atoms with van der Waals surface area (Å²) < 4.78 is 0. The zero-order valence-corrected chi connectivity index (χ0v) is 14.8. The van der Waals surface area contributed by atoms with Crippen LogP contribution in [0.4, 0.5) is 5.69 Å². The van der Waals surface area contributed by atoms with Crippen LogP contribution in [-0.2, 0) is 0 Å². The molecule has 6 nitrogen and oxygen atoms in total. The van der Waals surface area contributed by atoms with Gasteiger partial charge in [0, 0.05) is 18.7 Å². The van der Waals surface area contributed by atoms with E-state index in [4.69, 9.17) is 0 Å². The molecule has 0 amide bonds. The zero-order valence-electron chi connectivity index (χ0n) is 14.8. The fourth-order valence-corrected chi connectivity index (χ4v) is 2.93. The fourth-order valence-electron chi connectivity index (χ4n) is 2.93. The first kappa shape index (κ1) is 16.5. The van der Waals surface area contributed by atoms with E-state index in [2.05, 4.69) is 50.7 Å². The number of rotatable bonds is 4. The number of aromatic nitrogens is 2. The average molecular weight is 346 g/mol. The van der Waals surface area contributed by atoms with Gasteiger partial charge in [-0.3, -0.25) is 10.1 Å². The first-order valence-electron chi connectivity index (χ1n) is 8.84. The van der Waals surface area contributed by atoms with Gasteiger partial charge in [-0.1, -0.05) is 47.7 Å². The van der Waals surface area contributed by atoms with Gasteiger partial charge in [-0.15, -0.1) is 5.11 Å². The number of piperazine rings is 1. The lowest BCUT2D eigenvalue weighted by Crippen LogP contribution is -2.41. The molecule has 3 aromatic rings. The van der Waals surface area contributed by atoms with Crippen LogP contribution in [0, 0.1) is 0 Å². The van der Waals surface area contributed by atoms with Gasteiger partial charge in [0.25, 0.3) is 0 Å². The number of nitrogens with zero attached hydrogens (tertiary/aromatic N) is 5. The molecule has 0 radical (unpaired) electrons. The molecule has 2 heterocycles. The van der Waals surface area contributed by atoms with E-state index in [1.54, 1.807) is 0 Å². The van der Waals surface area contributed by atoms with Crippen LogP contribution < -0.4 is 0 Å². The minimum atomic E-state index is 0.857. The van der Waals surface area contributed by atoms with E-state index >= 15 is 0 Å². The van der Waals surface area contributed by atoms with Crippen LogP contribution >= 0.6 is 0 Å². The van der Waals surface area contributed by atoms with Crippen molar-refractivity contribution >= 4 is 5.69 Å². The summed E-state index contributed by atoms with van der Waals surface area (Å²) in [5.74, 6) is 0. The van der Waals surface area contributed by atoms with Crippen molar-refractivity contribution in [2.75, 3.05) is 33.2 Å². The van der Waals surface area contributed by atoms with Gasteiger partial charge in [-0.25, -0.2) is 0 Å². The van der Waals surface area contributed by atoms with Crippen LogP contribution in [0.2, 0.25) is 0 Å². The lowest BCUT2D eigenvalue weighted by molar-refractivity contribution is 0.150. The first-order valence-corrected chi connectivity index (χ1v) is 8.84. The van der Waals surface area contributed by atoms with E-state index in [0.29, 0.717) is 0 Å². The summed E-state index contributed by atoms with van der Waals surface area (Å²) in [7, 11) is 2.13. The predicted molar refractivity (Wildman–Crippen MR) is 103 cm³/mol. The molecule has 0 aliphatic carbocycles. The van der Waals surface area contributed by atoms with Gasteiger partial charge in [-0.2, -0.15) is 5.10 Å². The topological polar surface area (TPSA) is 59.9 Å². The quantitative estimate of drug-likeness (QED) is 0.727. The Morgan fingerprint density at radius 2 is 1.62 bits per heavy atom. The highest BCUT2D eigenvalue weighted by molar-refractivity contribution is 5.68. The second kappa shape index (κ2) is 7.49. The van der Waals surface area contributed by atoms with Gasteiger partial charge in [0.05, 0.1) is 30.2 Å². The van der Waals surface area contributed by atoms with Crippen molar-refractivity contribution in [1.82, 2.24) is 20.1 Å². The molecule has 6 heteroatoms. The van der Waals surface area contributed by atoms with E-state index in [9.17, 15) is 0 Å². The molecule has 4 rings (SSSR count). The number of benzene rings is 2. The molecule has 0 saturated carbocycles. The number of aromatic amines is 1.